The Morgan fingerprint density at radius 2 is 2.07 bits per heavy atom. The van der Waals surface area contributed by atoms with Gasteiger partial charge < -0.3 is 20.2 Å². The molecule has 0 aliphatic carbocycles. The average Bonchev–Trinajstić information content (AvgIpc) is 2.47. The minimum absolute atomic E-state index is 0.118. The summed E-state index contributed by atoms with van der Waals surface area (Å²) in [6.07, 6.45) is 1.14. The summed E-state index contributed by atoms with van der Waals surface area (Å²) in [5.74, 6) is -0.453. The van der Waals surface area contributed by atoms with E-state index < -0.39 is 18.0 Å². The molecule has 0 aromatic carbocycles. The molecule has 1 atom stereocenters. The minimum Gasteiger partial charge on any atom is -0.324 e. The van der Waals surface area contributed by atoms with Crippen LogP contribution in [0.25, 0.3) is 0 Å². The van der Waals surface area contributed by atoms with Crippen molar-refractivity contribution in [2.45, 2.75) is 6.04 Å². The lowest BCUT2D eigenvalue weighted by Crippen LogP contribution is -2.40. The highest BCUT2D eigenvalue weighted by Gasteiger charge is 2.36. The Kier molecular flexibility index (Phi) is 3.92. The second-order valence-corrected chi connectivity index (χ2v) is 2.94. The Labute approximate surface area is 85.8 Å². The zero-order valence-corrected chi connectivity index (χ0v) is 7.93. The van der Waals surface area contributed by atoms with E-state index in [4.69, 9.17) is 0 Å². The van der Waals surface area contributed by atoms with E-state index in [2.05, 4.69) is 10.6 Å². The van der Waals surface area contributed by atoms with Crippen molar-refractivity contribution in [3.05, 3.63) is 0 Å². The zero-order valence-electron chi connectivity index (χ0n) is 7.93. The highest BCUT2D eigenvalue weighted by atomic mass is 16.2. The molecule has 0 spiro atoms. The van der Waals surface area contributed by atoms with Crippen LogP contribution in [-0.4, -0.2) is 55.1 Å². The third-order valence-electron chi connectivity index (χ3n) is 1.94. The van der Waals surface area contributed by atoms with Crippen LogP contribution in [0.5, 0.6) is 0 Å². The predicted octanol–water partition coefficient (Wildman–Crippen LogP) is -2.11. The quantitative estimate of drug-likeness (QED) is 0.299. The standard InChI is InChI=1S/C8H11N3O4/c12-3-1-9-5-6-7(14)11(2-4-13)8(15)10-6/h3-4,6,9H,1-2,5H2,(H,10,15). The first-order valence-corrected chi connectivity index (χ1v) is 4.40. The molecule has 1 heterocycles. The van der Waals surface area contributed by atoms with Crippen LogP contribution in [0.4, 0.5) is 4.79 Å². The summed E-state index contributed by atoms with van der Waals surface area (Å²) in [4.78, 5) is 43.6. The largest absolute Gasteiger partial charge is 0.325 e. The number of carbonyl (C=O) groups is 4. The number of nitrogens with zero attached hydrogens (tertiary/aromatic N) is 1. The van der Waals surface area contributed by atoms with Gasteiger partial charge in [-0.3, -0.25) is 9.69 Å². The van der Waals surface area contributed by atoms with Gasteiger partial charge in [0, 0.05) is 6.54 Å². The molecule has 15 heavy (non-hydrogen) atoms. The molecule has 0 radical (unpaired) electrons. The third kappa shape index (κ3) is 2.59. The number of hydrogen-bond acceptors (Lipinski definition) is 5. The lowest BCUT2D eigenvalue weighted by atomic mass is 10.3. The van der Waals surface area contributed by atoms with Crippen molar-refractivity contribution in [3.63, 3.8) is 0 Å². The molecule has 1 aliphatic rings. The first-order chi connectivity index (χ1) is 7.20. The van der Waals surface area contributed by atoms with Gasteiger partial charge in [0.1, 0.15) is 18.6 Å². The fourth-order valence-electron chi connectivity index (χ4n) is 1.25. The van der Waals surface area contributed by atoms with Crippen LogP contribution in [0.2, 0.25) is 0 Å². The molecule has 82 valence electrons. The van der Waals surface area contributed by atoms with Crippen molar-refractivity contribution in [1.29, 1.82) is 0 Å². The average molecular weight is 213 g/mol. The lowest BCUT2D eigenvalue weighted by molar-refractivity contribution is -0.129. The number of imide groups is 1. The topological polar surface area (TPSA) is 95.6 Å². The highest BCUT2D eigenvalue weighted by molar-refractivity contribution is 6.05. The van der Waals surface area contributed by atoms with Gasteiger partial charge >= 0.3 is 6.03 Å². The SMILES string of the molecule is O=CCNCC1NC(=O)N(CC=O)C1=O. The van der Waals surface area contributed by atoms with Crippen molar-refractivity contribution in [2.75, 3.05) is 19.6 Å². The molecule has 7 nitrogen and oxygen atoms in total. The van der Waals surface area contributed by atoms with Crippen molar-refractivity contribution in [3.8, 4) is 0 Å². The van der Waals surface area contributed by atoms with Gasteiger partial charge in [0.05, 0.1) is 13.1 Å². The lowest BCUT2D eigenvalue weighted by Gasteiger charge is -2.08. The van der Waals surface area contributed by atoms with Crippen molar-refractivity contribution < 1.29 is 19.2 Å². The number of amides is 3. The van der Waals surface area contributed by atoms with E-state index in [1.165, 1.54) is 0 Å². The molecule has 0 aromatic heterocycles. The number of rotatable bonds is 6. The molecular weight excluding hydrogens is 202 g/mol. The molecule has 1 fully saturated rings. The van der Waals surface area contributed by atoms with Gasteiger partial charge in [0.15, 0.2) is 0 Å². The van der Waals surface area contributed by atoms with Crippen molar-refractivity contribution in [1.82, 2.24) is 15.5 Å². The Bertz CT molecular complexity index is 292. The maximum atomic E-state index is 11.5. The normalized spacial score (nSPS) is 20.3. The summed E-state index contributed by atoms with van der Waals surface area (Å²) in [7, 11) is 0. The second-order valence-electron chi connectivity index (χ2n) is 2.94. The van der Waals surface area contributed by atoms with E-state index in [-0.39, 0.29) is 19.6 Å². The Morgan fingerprint density at radius 3 is 2.67 bits per heavy atom. The Hall–Kier alpha value is -1.76. The van der Waals surface area contributed by atoms with Crippen LogP contribution < -0.4 is 10.6 Å². The monoisotopic (exact) mass is 213 g/mol. The van der Waals surface area contributed by atoms with Gasteiger partial charge in [0.25, 0.3) is 5.91 Å². The Balaban J connectivity index is 2.49. The van der Waals surface area contributed by atoms with E-state index in [0.29, 0.717) is 12.6 Å². The van der Waals surface area contributed by atoms with Crippen molar-refractivity contribution >= 4 is 24.5 Å². The number of aldehydes is 2. The molecule has 1 saturated heterocycles. The third-order valence-corrected chi connectivity index (χ3v) is 1.94. The van der Waals surface area contributed by atoms with E-state index >= 15 is 0 Å². The zero-order chi connectivity index (χ0) is 11.3. The van der Waals surface area contributed by atoms with Crippen LogP contribution in [-0.2, 0) is 14.4 Å². The van der Waals surface area contributed by atoms with E-state index in [0.717, 1.165) is 4.90 Å². The second kappa shape index (κ2) is 5.20. The summed E-state index contributed by atoms with van der Waals surface area (Å²) >= 11 is 0. The molecule has 7 heteroatoms. The van der Waals surface area contributed by atoms with Gasteiger partial charge in [-0.25, -0.2) is 4.79 Å². The van der Waals surface area contributed by atoms with Crippen LogP contribution in [0.15, 0.2) is 0 Å². The molecule has 2 N–H and O–H groups in total. The Morgan fingerprint density at radius 1 is 1.33 bits per heavy atom. The summed E-state index contributed by atoms with van der Waals surface area (Å²) in [5, 5.41) is 5.07. The van der Waals surface area contributed by atoms with Gasteiger partial charge in [-0.1, -0.05) is 0 Å². The molecule has 0 saturated carbocycles. The molecule has 1 rings (SSSR count). The van der Waals surface area contributed by atoms with Crippen LogP contribution >= 0.6 is 0 Å². The summed E-state index contributed by atoms with van der Waals surface area (Å²) in [6.45, 7) is 0.0564. The molecule has 0 bridgehead atoms. The van der Waals surface area contributed by atoms with Crippen LogP contribution in [0, 0.1) is 0 Å². The first kappa shape index (κ1) is 11.3. The fraction of sp³-hybridized carbons (Fsp3) is 0.500. The summed E-state index contributed by atoms with van der Waals surface area (Å²) in [5.41, 5.74) is 0. The molecule has 1 aliphatic heterocycles. The number of nitrogens with one attached hydrogen (secondary N) is 2. The number of carbonyl (C=O) groups excluding carboxylic acids is 4. The molecular formula is C8H11N3O4. The van der Waals surface area contributed by atoms with E-state index in [1.807, 2.05) is 0 Å². The molecule has 3 amide bonds. The van der Waals surface area contributed by atoms with Crippen LogP contribution in [0.1, 0.15) is 0 Å². The smallest absolute Gasteiger partial charge is 0.324 e. The van der Waals surface area contributed by atoms with E-state index in [9.17, 15) is 19.2 Å². The van der Waals surface area contributed by atoms with Crippen LogP contribution in [0.3, 0.4) is 0 Å². The molecule has 1 unspecified atom stereocenters. The molecule has 0 aromatic rings. The van der Waals surface area contributed by atoms with Gasteiger partial charge in [-0.15, -0.1) is 0 Å². The number of hydrogen-bond donors (Lipinski definition) is 2. The fourth-order valence-corrected chi connectivity index (χ4v) is 1.25. The highest BCUT2D eigenvalue weighted by Crippen LogP contribution is 2.03. The van der Waals surface area contributed by atoms with Gasteiger partial charge in [-0.05, 0) is 0 Å². The number of urea groups is 1. The predicted molar refractivity (Wildman–Crippen MR) is 49.0 cm³/mol. The van der Waals surface area contributed by atoms with Gasteiger partial charge in [0.2, 0.25) is 0 Å². The summed E-state index contributed by atoms with van der Waals surface area (Å²) in [6, 6.07) is -1.28. The summed E-state index contributed by atoms with van der Waals surface area (Å²) < 4.78 is 0. The minimum atomic E-state index is -0.697. The first-order valence-electron chi connectivity index (χ1n) is 4.40. The van der Waals surface area contributed by atoms with E-state index in [1.54, 1.807) is 0 Å². The van der Waals surface area contributed by atoms with Gasteiger partial charge in [-0.2, -0.15) is 0 Å². The maximum Gasteiger partial charge on any atom is 0.325 e. The van der Waals surface area contributed by atoms with Crippen molar-refractivity contribution in [2.24, 2.45) is 0 Å². The maximum absolute atomic E-state index is 11.5.